The molecule has 0 bridgehead atoms. The number of nitrogens with two attached hydrogens (primary N) is 1. The third-order valence-corrected chi connectivity index (χ3v) is 6.37. The van der Waals surface area contributed by atoms with Gasteiger partial charge in [0, 0.05) is 37.3 Å². The number of nitrogens with zero attached hydrogens (tertiary/aromatic N) is 2. The Balaban J connectivity index is 2.11. The summed E-state index contributed by atoms with van der Waals surface area (Å²) in [7, 11) is 0. The minimum absolute atomic E-state index is 0.0549. The van der Waals surface area contributed by atoms with E-state index in [1.807, 2.05) is 22.9 Å². The molecule has 1 unspecified atom stereocenters. The lowest BCUT2D eigenvalue weighted by Gasteiger charge is -2.23. The van der Waals surface area contributed by atoms with Gasteiger partial charge in [-0.05, 0) is 32.1 Å². The number of rotatable bonds is 16. The van der Waals surface area contributed by atoms with E-state index >= 15 is 0 Å². The van der Waals surface area contributed by atoms with Gasteiger partial charge in [0.1, 0.15) is 11.8 Å². The van der Waals surface area contributed by atoms with Gasteiger partial charge in [-0.2, -0.15) is 0 Å². The van der Waals surface area contributed by atoms with Crippen LogP contribution in [0.4, 0.5) is 0 Å². The van der Waals surface area contributed by atoms with E-state index in [9.17, 15) is 14.4 Å². The fraction of sp³-hybridized carbons (Fsp3) is 0.615. The number of carbonyl (C=O) groups is 3. The van der Waals surface area contributed by atoms with Gasteiger partial charge in [-0.15, -0.1) is 0 Å². The Morgan fingerprint density at radius 1 is 1.18 bits per heavy atom. The molecule has 1 heterocycles. The largest absolute Gasteiger partial charge is 0.481 e. The Bertz CT molecular complexity index is 860. The number of aliphatic carboxylic acids is 2. The molecule has 1 aromatic heterocycles. The summed E-state index contributed by atoms with van der Waals surface area (Å²) in [5.41, 5.74) is 6.26. The molecule has 0 amide bonds. The Morgan fingerprint density at radius 3 is 2.65 bits per heavy atom. The van der Waals surface area contributed by atoms with Gasteiger partial charge in [-0.1, -0.05) is 50.5 Å². The van der Waals surface area contributed by atoms with Crippen molar-refractivity contribution in [1.29, 1.82) is 0 Å². The van der Waals surface area contributed by atoms with Crippen LogP contribution in [0.15, 0.2) is 36.8 Å². The molecule has 0 aliphatic heterocycles. The van der Waals surface area contributed by atoms with Gasteiger partial charge in [0.15, 0.2) is 0 Å². The van der Waals surface area contributed by atoms with E-state index in [-0.39, 0.29) is 36.5 Å². The van der Waals surface area contributed by atoms with Crippen LogP contribution < -0.4 is 5.73 Å². The van der Waals surface area contributed by atoms with E-state index in [4.69, 9.17) is 15.9 Å². The van der Waals surface area contributed by atoms with Crippen LogP contribution in [0.5, 0.6) is 0 Å². The molecule has 1 saturated carbocycles. The summed E-state index contributed by atoms with van der Waals surface area (Å²) in [5.74, 6) is -1.82. The number of imidazole rings is 1. The van der Waals surface area contributed by atoms with E-state index < -0.39 is 18.0 Å². The Labute approximate surface area is 201 Å². The van der Waals surface area contributed by atoms with Crippen LogP contribution in [0.2, 0.25) is 0 Å². The summed E-state index contributed by atoms with van der Waals surface area (Å²) in [6.45, 7) is 2.19. The first-order valence-corrected chi connectivity index (χ1v) is 12.4. The lowest BCUT2D eigenvalue weighted by atomic mass is 9.93. The zero-order valence-electron chi connectivity index (χ0n) is 20.1. The SMILES string of the molecule is CCCCCCC=CC1CC(=O)[C@H](C/C=C\CCCC(=O)O)[C@@H]1n1cnc(C[C@H](N)C(=O)O)c1. The van der Waals surface area contributed by atoms with Crippen LogP contribution in [-0.2, 0) is 20.8 Å². The molecule has 4 atom stereocenters. The average molecular weight is 474 g/mol. The topological polar surface area (TPSA) is 136 Å². The molecule has 1 aromatic rings. The standard InChI is InChI=1S/C26H39N3O5/c1-2-3-4-5-6-9-12-19-15-23(30)21(13-10-7-8-11-14-24(31)32)25(19)29-17-20(28-18-29)16-22(27)26(33)34/h7,9-10,12,17-19,21-22,25H,2-6,8,11,13-16,27H2,1H3,(H,31,32)(H,33,34)/b10-7-,12-9?/t19?,21-,22-,25+/m0/s1. The Morgan fingerprint density at radius 2 is 1.94 bits per heavy atom. The number of allylic oxidation sites excluding steroid dienone is 4. The maximum Gasteiger partial charge on any atom is 0.320 e. The molecule has 4 N–H and O–H groups in total. The molecule has 0 spiro atoms. The van der Waals surface area contributed by atoms with Gasteiger partial charge >= 0.3 is 11.9 Å². The quantitative estimate of drug-likeness (QED) is 0.240. The van der Waals surface area contributed by atoms with Crippen molar-refractivity contribution in [1.82, 2.24) is 9.55 Å². The van der Waals surface area contributed by atoms with Crippen LogP contribution >= 0.6 is 0 Å². The van der Waals surface area contributed by atoms with Crippen LogP contribution in [0.3, 0.4) is 0 Å². The van der Waals surface area contributed by atoms with Crippen molar-refractivity contribution in [2.24, 2.45) is 17.6 Å². The highest BCUT2D eigenvalue weighted by Gasteiger charge is 2.41. The lowest BCUT2D eigenvalue weighted by molar-refractivity contribution is -0.139. The fourth-order valence-electron chi connectivity index (χ4n) is 4.53. The Hall–Kier alpha value is -2.74. The summed E-state index contributed by atoms with van der Waals surface area (Å²) in [5, 5.41) is 17.9. The molecule has 2 rings (SSSR count). The highest BCUT2D eigenvalue weighted by Crippen LogP contribution is 2.41. The summed E-state index contributed by atoms with van der Waals surface area (Å²) in [6.07, 6.45) is 20.1. The number of carbonyl (C=O) groups excluding carboxylic acids is 1. The van der Waals surface area contributed by atoms with Crippen molar-refractivity contribution < 1.29 is 24.6 Å². The zero-order chi connectivity index (χ0) is 24.9. The molecular formula is C26H39N3O5. The summed E-state index contributed by atoms with van der Waals surface area (Å²) >= 11 is 0. The minimum Gasteiger partial charge on any atom is -0.481 e. The number of carboxylic acid groups (broad SMARTS) is 2. The maximum absolute atomic E-state index is 12.9. The molecule has 188 valence electrons. The predicted octanol–water partition coefficient (Wildman–Crippen LogP) is 4.31. The number of aromatic nitrogens is 2. The predicted molar refractivity (Wildman–Crippen MR) is 130 cm³/mol. The first-order valence-electron chi connectivity index (χ1n) is 12.4. The summed E-state index contributed by atoms with van der Waals surface area (Å²) in [6, 6.07) is -1.11. The molecular weight excluding hydrogens is 434 g/mol. The molecule has 1 aliphatic carbocycles. The third-order valence-electron chi connectivity index (χ3n) is 6.37. The number of Topliss-reactive ketones (excluding diaryl/α,β-unsaturated/α-hetero) is 1. The van der Waals surface area contributed by atoms with Crippen molar-refractivity contribution in [2.45, 2.75) is 89.6 Å². The first-order chi connectivity index (χ1) is 16.3. The minimum atomic E-state index is -1.07. The van der Waals surface area contributed by atoms with Gasteiger partial charge in [-0.3, -0.25) is 14.4 Å². The second-order valence-corrected chi connectivity index (χ2v) is 9.16. The van der Waals surface area contributed by atoms with Crippen molar-refractivity contribution in [3.63, 3.8) is 0 Å². The van der Waals surface area contributed by atoms with Gasteiger partial charge in [-0.25, -0.2) is 4.98 Å². The third kappa shape index (κ3) is 8.89. The number of hydrogen-bond acceptors (Lipinski definition) is 5. The van der Waals surface area contributed by atoms with E-state index in [2.05, 4.69) is 24.1 Å². The van der Waals surface area contributed by atoms with Crippen LogP contribution in [0, 0.1) is 11.8 Å². The number of carboxylic acids is 2. The highest BCUT2D eigenvalue weighted by atomic mass is 16.4. The summed E-state index contributed by atoms with van der Waals surface area (Å²) < 4.78 is 1.95. The summed E-state index contributed by atoms with van der Waals surface area (Å²) in [4.78, 5) is 39.1. The van der Waals surface area contributed by atoms with Gasteiger partial charge in [0.25, 0.3) is 0 Å². The first kappa shape index (κ1) is 27.5. The second kappa shape index (κ2) is 14.5. The van der Waals surface area contributed by atoms with E-state index in [1.54, 1.807) is 6.33 Å². The van der Waals surface area contributed by atoms with Crippen molar-refractivity contribution >= 4 is 17.7 Å². The van der Waals surface area contributed by atoms with E-state index in [0.717, 1.165) is 12.8 Å². The van der Waals surface area contributed by atoms with Gasteiger partial charge in [0.2, 0.25) is 0 Å². The smallest absolute Gasteiger partial charge is 0.320 e. The Kier molecular flexibility index (Phi) is 11.7. The van der Waals surface area contributed by atoms with Crippen molar-refractivity contribution in [3.8, 4) is 0 Å². The lowest BCUT2D eigenvalue weighted by Crippen LogP contribution is -2.32. The van der Waals surface area contributed by atoms with Crippen molar-refractivity contribution in [2.75, 3.05) is 0 Å². The zero-order valence-corrected chi connectivity index (χ0v) is 20.1. The molecule has 0 aromatic carbocycles. The van der Waals surface area contributed by atoms with Crippen molar-refractivity contribution in [3.05, 3.63) is 42.5 Å². The molecule has 1 fully saturated rings. The van der Waals surface area contributed by atoms with Gasteiger partial charge in [0.05, 0.1) is 18.1 Å². The average Bonchev–Trinajstić information content (AvgIpc) is 3.36. The highest BCUT2D eigenvalue weighted by molar-refractivity contribution is 5.84. The van der Waals surface area contributed by atoms with Gasteiger partial charge < -0.3 is 20.5 Å². The number of ketones is 1. The molecule has 0 radical (unpaired) electrons. The normalized spacial score (nSPS) is 21.6. The number of unbranched alkanes of at least 4 members (excludes halogenated alkanes) is 5. The molecule has 8 heteroatoms. The maximum atomic E-state index is 12.9. The molecule has 1 aliphatic rings. The molecule has 0 saturated heterocycles. The van der Waals surface area contributed by atoms with E-state index in [1.165, 1.54) is 19.3 Å². The molecule has 34 heavy (non-hydrogen) atoms. The monoisotopic (exact) mass is 473 g/mol. The van der Waals surface area contributed by atoms with Crippen LogP contribution in [0.1, 0.15) is 82.9 Å². The van der Waals surface area contributed by atoms with Crippen LogP contribution in [0.25, 0.3) is 0 Å². The van der Waals surface area contributed by atoms with Crippen LogP contribution in [-0.4, -0.2) is 43.5 Å². The number of hydrogen-bond donors (Lipinski definition) is 3. The fourth-order valence-corrected chi connectivity index (χ4v) is 4.53. The second-order valence-electron chi connectivity index (χ2n) is 9.16. The van der Waals surface area contributed by atoms with E-state index in [0.29, 0.717) is 31.4 Å². The molecule has 8 nitrogen and oxygen atoms in total.